The highest BCUT2D eigenvalue weighted by molar-refractivity contribution is 5.95. The first-order valence-corrected chi connectivity index (χ1v) is 9.87. The van der Waals surface area contributed by atoms with Crippen molar-refractivity contribution in [3.63, 3.8) is 0 Å². The quantitative estimate of drug-likeness (QED) is 0.721. The second kappa shape index (κ2) is 9.90. The highest BCUT2D eigenvalue weighted by atomic mass is 16.2. The molecular formula is C22H28N4O2. The summed E-state index contributed by atoms with van der Waals surface area (Å²) in [7, 11) is 0. The van der Waals surface area contributed by atoms with E-state index in [0.717, 1.165) is 19.4 Å². The van der Waals surface area contributed by atoms with Crippen LogP contribution in [0.3, 0.4) is 0 Å². The van der Waals surface area contributed by atoms with E-state index in [2.05, 4.69) is 22.9 Å². The van der Waals surface area contributed by atoms with E-state index in [4.69, 9.17) is 0 Å². The van der Waals surface area contributed by atoms with Gasteiger partial charge < -0.3 is 20.9 Å². The second-order valence-electron chi connectivity index (χ2n) is 7.00. The fourth-order valence-electron chi connectivity index (χ4n) is 3.26. The molecule has 1 fully saturated rings. The number of rotatable bonds is 6. The Morgan fingerprint density at radius 2 is 1.86 bits per heavy atom. The van der Waals surface area contributed by atoms with E-state index in [1.807, 2.05) is 35.2 Å². The summed E-state index contributed by atoms with van der Waals surface area (Å²) in [6.45, 7) is 4.92. The van der Waals surface area contributed by atoms with Crippen LogP contribution >= 0.6 is 0 Å². The minimum atomic E-state index is -0.110. The molecule has 1 aliphatic rings. The van der Waals surface area contributed by atoms with Gasteiger partial charge in [-0.25, -0.2) is 4.79 Å². The van der Waals surface area contributed by atoms with Gasteiger partial charge in [-0.3, -0.25) is 4.79 Å². The number of nitrogens with zero attached hydrogens (tertiary/aromatic N) is 1. The Labute approximate surface area is 166 Å². The van der Waals surface area contributed by atoms with Gasteiger partial charge in [-0.15, -0.1) is 0 Å². The number of carbonyl (C=O) groups excluding carboxylic acids is 2. The molecule has 1 unspecified atom stereocenters. The van der Waals surface area contributed by atoms with Crippen molar-refractivity contribution in [1.29, 1.82) is 0 Å². The highest BCUT2D eigenvalue weighted by Crippen LogP contribution is 2.12. The summed E-state index contributed by atoms with van der Waals surface area (Å²) in [4.78, 5) is 26.5. The van der Waals surface area contributed by atoms with Crippen LogP contribution in [0.5, 0.6) is 0 Å². The molecule has 0 radical (unpaired) electrons. The van der Waals surface area contributed by atoms with Gasteiger partial charge in [0.15, 0.2) is 0 Å². The Kier molecular flexibility index (Phi) is 7.03. The number of piperazine rings is 1. The van der Waals surface area contributed by atoms with E-state index in [1.54, 1.807) is 24.3 Å². The van der Waals surface area contributed by atoms with Gasteiger partial charge in [0.2, 0.25) is 0 Å². The SMILES string of the molecule is CCC1CN(C(=O)Nc2ccc(C(=O)NCCc3ccccc3)cc2)CCN1. The zero-order chi connectivity index (χ0) is 19.8. The maximum Gasteiger partial charge on any atom is 0.321 e. The standard InChI is InChI=1S/C22H28N4O2/c1-2-19-16-26(15-14-23-19)22(28)25-20-10-8-18(9-11-20)21(27)24-13-12-17-6-4-3-5-7-17/h3-11,19,23H,2,12-16H2,1H3,(H,24,27)(H,25,28). The Bertz CT molecular complexity index is 777. The van der Waals surface area contributed by atoms with Crippen molar-refractivity contribution in [3.05, 3.63) is 65.7 Å². The summed E-state index contributed by atoms with van der Waals surface area (Å²) in [5.41, 5.74) is 2.47. The molecule has 3 amide bonds. The molecule has 148 valence electrons. The zero-order valence-electron chi connectivity index (χ0n) is 16.3. The molecule has 1 aliphatic heterocycles. The number of benzene rings is 2. The second-order valence-corrected chi connectivity index (χ2v) is 7.00. The maximum absolute atomic E-state index is 12.4. The Morgan fingerprint density at radius 3 is 2.57 bits per heavy atom. The molecule has 2 aromatic rings. The lowest BCUT2D eigenvalue weighted by atomic mass is 10.1. The first kappa shape index (κ1) is 19.9. The van der Waals surface area contributed by atoms with Crippen LogP contribution in [-0.4, -0.2) is 49.1 Å². The van der Waals surface area contributed by atoms with Gasteiger partial charge in [0.05, 0.1) is 0 Å². The van der Waals surface area contributed by atoms with Crippen LogP contribution in [0, 0.1) is 0 Å². The highest BCUT2D eigenvalue weighted by Gasteiger charge is 2.22. The molecule has 1 saturated heterocycles. The van der Waals surface area contributed by atoms with Gasteiger partial charge in [0, 0.05) is 43.5 Å². The van der Waals surface area contributed by atoms with E-state index in [-0.39, 0.29) is 11.9 Å². The van der Waals surface area contributed by atoms with Gasteiger partial charge in [0.25, 0.3) is 5.91 Å². The molecule has 6 nitrogen and oxygen atoms in total. The van der Waals surface area contributed by atoms with Gasteiger partial charge in [-0.2, -0.15) is 0 Å². The van der Waals surface area contributed by atoms with Gasteiger partial charge in [-0.1, -0.05) is 37.3 Å². The molecule has 1 atom stereocenters. The third-order valence-electron chi connectivity index (χ3n) is 4.98. The number of amides is 3. The van der Waals surface area contributed by atoms with E-state index in [0.29, 0.717) is 36.9 Å². The van der Waals surface area contributed by atoms with E-state index >= 15 is 0 Å². The molecule has 2 aromatic carbocycles. The number of hydrogen-bond donors (Lipinski definition) is 3. The third-order valence-corrected chi connectivity index (χ3v) is 4.98. The van der Waals surface area contributed by atoms with Crippen LogP contribution in [0.15, 0.2) is 54.6 Å². The van der Waals surface area contributed by atoms with Crippen LogP contribution in [0.4, 0.5) is 10.5 Å². The molecule has 0 bridgehead atoms. The number of urea groups is 1. The summed E-state index contributed by atoms with van der Waals surface area (Å²) in [5, 5.41) is 9.24. The average Bonchev–Trinajstić information content (AvgIpc) is 2.75. The number of hydrogen-bond acceptors (Lipinski definition) is 3. The molecule has 0 spiro atoms. The molecule has 28 heavy (non-hydrogen) atoms. The van der Waals surface area contributed by atoms with Crippen LogP contribution < -0.4 is 16.0 Å². The van der Waals surface area contributed by atoms with Crippen molar-refractivity contribution in [2.75, 3.05) is 31.5 Å². The average molecular weight is 380 g/mol. The Morgan fingerprint density at radius 1 is 1.11 bits per heavy atom. The van der Waals surface area contributed by atoms with E-state index in [1.165, 1.54) is 5.56 Å². The summed E-state index contributed by atoms with van der Waals surface area (Å²) in [5.74, 6) is -0.110. The normalized spacial score (nSPS) is 16.5. The molecule has 0 aliphatic carbocycles. The predicted octanol–water partition coefficient (Wildman–Crippen LogP) is 2.87. The Balaban J connectivity index is 1.47. The molecule has 0 saturated carbocycles. The van der Waals surface area contributed by atoms with Crippen LogP contribution in [0.25, 0.3) is 0 Å². The minimum Gasteiger partial charge on any atom is -0.352 e. The lowest BCUT2D eigenvalue weighted by Crippen LogP contribution is -2.53. The third kappa shape index (κ3) is 5.57. The van der Waals surface area contributed by atoms with Crippen molar-refractivity contribution in [1.82, 2.24) is 15.5 Å². The molecule has 3 N–H and O–H groups in total. The molecule has 6 heteroatoms. The molecular weight excluding hydrogens is 352 g/mol. The smallest absolute Gasteiger partial charge is 0.321 e. The van der Waals surface area contributed by atoms with Crippen LogP contribution in [-0.2, 0) is 6.42 Å². The van der Waals surface area contributed by atoms with E-state index in [9.17, 15) is 9.59 Å². The molecule has 0 aromatic heterocycles. The fourth-order valence-corrected chi connectivity index (χ4v) is 3.26. The molecule has 3 rings (SSSR count). The van der Waals surface area contributed by atoms with Crippen molar-refractivity contribution in [2.24, 2.45) is 0 Å². The van der Waals surface area contributed by atoms with Gasteiger partial charge in [0.1, 0.15) is 0 Å². The lowest BCUT2D eigenvalue weighted by molar-refractivity contribution is 0.0954. The maximum atomic E-state index is 12.4. The summed E-state index contributed by atoms with van der Waals surface area (Å²) in [6, 6.07) is 17.3. The minimum absolute atomic E-state index is 0.0972. The number of nitrogens with one attached hydrogen (secondary N) is 3. The van der Waals surface area contributed by atoms with Crippen molar-refractivity contribution in [2.45, 2.75) is 25.8 Å². The fraction of sp³-hybridized carbons (Fsp3) is 0.364. The lowest BCUT2D eigenvalue weighted by Gasteiger charge is -2.33. The van der Waals surface area contributed by atoms with Crippen LogP contribution in [0.1, 0.15) is 29.3 Å². The predicted molar refractivity (Wildman–Crippen MR) is 112 cm³/mol. The number of carbonyl (C=O) groups is 2. The molecule has 1 heterocycles. The summed E-state index contributed by atoms with van der Waals surface area (Å²) in [6.07, 6.45) is 1.79. The van der Waals surface area contributed by atoms with Crippen molar-refractivity contribution < 1.29 is 9.59 Å². The Hall–Kier alpha value is -2.86. The van der Waals surface area contributed by atoms with Crippen molar-refractivity contribution in [3.8, 4) is 0 Å². The first-order chi connectivity index (χ1) is 13.7. The monoisotopic (exact) mass is 380 g/mol. The summed E-state index contributed by atoms with van der Waals surface area (Å²) >= 11 is 0. The van der Waals surface area contributed by atoms with Crippen molar-refractivity contribution >= 4 is 17.6 Å². The zero-order valence-corrected chi connectivity index (χ0v) is 16.3. The number of anilines is 1. The largest absolute Gasteiger partial charge is 0.352 e. The van der Waals surface area contributed by atoms with E-state index < -0.39 is 0 Å². The van der Waals surface area contributed by atoms with Gasteiger partial charge >= 0.3 is 6.03 Å². The van der Waals surface area contributed by atoms with Gasteiger partial charge in [-0.05, 0) is 42.7 Å². The van der Waals surface area contributed by atoms with Crippen LogP contribution in [0.2, 0.25) is 0 Å². The topological polar surface area (TPSA) is 73.5 Å². The first-order valence-electron chi connectivity index (χ1n) is 9.87. The summed E-state index contributed by atoms with van der Waals surface area (Å²) < 4.78 is 0.